The first-order chi connectivity index (χ1) is 6.74. The molecule has 2 N–H and O–H groups in total. The van der Waals surface area contributed by atoms with Gasteiger partial charge in [0.2, 0.25) is 0 Å². The first-order valence-corrected chi connectivity index (χ1v) is 5.12. The molecule has 0 aromatic heterocycles. The van der Waals surface area contributed by atoms with Crippen LogP contribution in [0, 0.1) is 0 Å². The molecule has 0 bridgehead atoms. The lowest BCUT2D eigenvalue weighted by molar-refractivity contribution is 0.291. The van der Waals surface area contributed by atoms with Crippen molar-refractivity contribution in [3.05, 3.63) is 28.2 Å². The van der Waals surface area contributed by atoms with E-state index in [0.29, 0.717) is 18.5 Å². The fraction of sp³-hybridized carbons (Fsp3) is 0.300. The van der Waals surface area contributed by atoms with Gasteiger partial charge in [0.25, 0.3) is 0 Å². The van der Waals surface area contributed by atoms with Crippen LogP contribution in [0.25, 0.3) is 0 Å². The van der Waals surface area contributed by atoms with Crippen LogP contribution in [0.1, 0.15) is 12.0 Å². The van der Waals surface area contributed by atoms with Crippen molar-refractivity contribution in [3.8, 4) is 5.75 Å². The summed E-state index contributed by atoms with van der Waals surface area (Å²) in [6, 6.07) is 5.16. The van der Waals surface area contributed by atoms with Gasteiger partial charge in [0.15, 0.2) is 0 Å². The maximum atomic E-state index is 9.43. The fourth-order valence-corrected chi connectivity index (χ4v) is 1.33. The van der Waals surface area contributed by atoms with Gasteiger partial charge in [-0.1, -0.05) is 15.9 Å². The largest absolute Gasteiger partial charge is 0.507 e. The molecule has 0 spiro atoms. The van der Waals surface area contributed by atoms with Crippen LogP contribution in [0.3, 0.4) is 0 Å². The predicted octanol–water partition coefficient (Wildman–Crippen LogP) is 1.96. The van der Waals surface area contributed by atoms with E-state index in [1.807, 2.05) is 0 Å². The number of hydrogen-bond donors (Lipinski definition) is 2. The number of aromatic hydroxyl groups is 1. The maximum Gasteiger partial charge on any atom is 0.124 e. The van der Waals surface area contributed by atoms with Gasteiger partial charge in [-0.15, -0.1) is 0 Å². The summed E-state index contributed by atoms with van der Waals surface area (Å²) >= 11 is 3.31. The molecule has 0 atom stereocenters. The quantitative estimate of drug-likeness (QED) is 0.640. The number of phenols is 1. The number of aliphatic hydroxyl groups excluding tert-OH is 1. The molecular weight excluding hydrogens is 246 g/mol. The molecule has 1 aromatic rings. The Morgan fingerprint density at radius 3 is 2.93 bits per heavy atom. The van der Waals surface area contributed by atoms with E-state index < -0.39 is 0 Å². The van der Waals surface area contributed by atoms with E-state index in [9.17, 15) is 5.11 Å². The van der Waals surface area contributed by atoms with E-state index in [1.165, 1.54) is 0 Å². The van der Waals surface area contributed by atoms with Gasteiger partial charge in [0, 0.05) is 29.4 Å². The second kappa shape index (κ2) is 5.78. The van der Waals surface area contributed by atoms with Crippen LogP contribution in [-0.4, -0.2) is 29.6 Å². The topological polar surface area (TPSA) is 52.8 Å². The minimum atomic E-state index is 0.141. The molecule has 0 aliphatic rings. The summed E-state index contributed by atoms with van der Waals surface area (Å²) in [5.41, 5.74) is 0.678. The number of benzene rings is 1. The number of phenolic OH excluding ortho intramolecular Hbond substituents is 1. The third-order valence-electron chi connectivity index (χ3n) is 1.67. The molecule has 0 saturated carbocycles. The van der Waals surface area contributed by atoms with Crippen molar-refractivity contribution in [2.45, 2.75) is 6.42 Å². The highest BCUT2D eigenvalue weighted by molar-refractivity contribution is 9.10. The lowest BCUT2D eigenvalue weighted by atomic mass is 10.2. The van der Waals surface area contributed by atoms with Crippen molar-refractivity contribution in [1.29, 1.82) is 0 Å². The molecule has 3 nitrogen and oxygen atoms in total. The maximum absolute atomic E-state index is 9.43. The average Bonchev–Trinajstić information content (AvgIpc) is 2.18. The number of halogens is 1. The van der Waals surface area contributed by atoms with E-state index in [2.05, 4.69) is 20.9 Å². The lowest BCUT2D eigenvalue weighted by Crippen LogP contribution is -1.89. The summed E-state index contributed by atoms with van der Waals surface area (Å²) in [6.07, 6.45) is 2.25. The Kier molecular flexibility index (Phi) is 4.62. The summed E-state index contributed by atoms with van der Waals surface area (Å²) in [5, 5.41) is 18.0. The Balaban J connectivity index is 2.65. The highest BCUT2D eigenvalue weighted by Gasteiger charge is 1.97. The standard InChI is InChI=1S/C10H12BrNO2/c11-9-2-3-10(14)8(6-9)7-12-4-1-5-13/h2-3,6-7,13-14H,1,4-5H2. The molecule has 1 aromatic carbocycles. The molecule has 76 valence electrons. The zero-order chi connectivity index (χ0) is 10.4. The molecule has 14 heavy (non-hydrogen) atoms. The van der Waals surface area contributed by atoms with E-state index in [-0.39, 0.29) is 12.4 Å². The SMILES string of the molecule is OCCCN=Cc1cc(Br)ccc1O. The van der Waals surface area contributed by atoms with Crippen molar-refractivity contribution in [1.82, 2.24) is 0 Å². The van der Waals surface area contributed by atoms with Crippen molar-refractivity contribution in [2.75, 3.05) is 13.2 Å². The molecular formula is C10H12BrNO2. The smallest absolute Gasteiger partial charge is 0.124 e. The molecule has 0 saturated heterocycles. The third-order valence-corrected chi connectivity index (χ3v) is 2.16. The molecule has 0 amide bonds. The Bertz CT molecular complexity index is 326. The van der Waals surface area contributed by atoms with Crippen LogP contribution < -0.4 is 0 Å². The van der Waals surface area contributed by atoms with Gasteiger partial charge < -0.3 is 10.2 Å². The number of aliphatic imine (C=N–C) groups is 1. The van der Waals surface area contributed by atoms with Crippen LogP contribution in [-0.2, 0) is 0 Å². The molecule has 4 heteroatoms. The second-order valence-corrected chi connectivity index (χ2v) is 3.73. The average molecular weight is 258 g/mol. The Labute approximate surface area is 91.2 Å². The zero-order valence-corrected chi connectivity index (χ0v) is 9.24. The summed E-state index contributed by atoms with van der Waals surface area (Å²) < 4.78 is 0.902. The van der Waals surface area contributed by atoms with Gasteiger partial charge in [-0.2, -0.15) is 0 Å². The predicted molar refractivity (Wildman–Crippen MR) is 60.0 cm³/mol. The van der Waals surface area contributed by atoms with Gasteiger partial charge in [-0.05, 0) is 24.6 Å². The molecule has 0 aliphatic heterocycles. The minimum Gasteiger partial charge on any atom is -0.507 e. The molecule has 0 heterocycles. The number of hydrogen-bond acceptors (Lipinski definition) is 3. The number of aliphatic hydroxyl groups is 1. The van der Waals surface area contributed by atoms with E-state index in [1.54, 1.807) is 24.4 Å². The number of rotatable bonds is 4. The van der Waals surface area contributed by atoms with Crippen molar-refractivity contribution >= 4 is 22.1 Å². The Hall–Kier alpha value is -0.870. The van der Waals surface area contributed by atoms with Crippen LogP contribution in [0.5, 0.6) is 5.75 Å². The lowest BCUT2D eigenvalue weighted by Gasteiger charge is -1.98. The van der Waals surface area contributed by atoms with Gasteiger partial charge in [0.05, 0.1) is 0 Å². The van der Waals surface area contributed by atoms with Crippen molar-refractivity contribution in [2.24, 2.45) is 4.99 Å². The molecule has 0 radical (unpaired) electrons. The molecule has 1 rings (SSSR count). The van der Waals surface area contributed by atoms with Crippen LogP contribution in [0.2, 0.25) is 0 Å². The van der Waals surface area contributed by atoms with Gasteiger partial charge >= 0.3 is 0 Å². The monoisotopic (exact) mass is 257 g/mol. The summed E-state index contributed by atoms with van der Waals surface area (Å²) in [5.74, 6) is 0.209. The second-order valence-electron chi connectivity index (χ2n) is 2.82. The summed E-state index contributed by atoms with van der Waals surface area (Å²) in [4.78, 5) is 4.07. The first kappa shape index (κ1) is 11.2. The van der Waals surface area contributed by atoms with E-state index in [4.69, 9.17) is 5.11 Å². The van der Waals surface area contributed by atoms with E-state index >= 15 is 0 Å². The van der Waals surface area contributed by atoms with Gasteiger partial charge in [0.1, 0.15) is 5.75 Å². The Morgan fingerprint density at radius 2 is 2.21 bits per heavy atom. The Morgan fingerprint density at radius 1 is 1.43 bits per heavy atom. The highest BCUT2D eigenvalue weighted by Crippen LogP contribution is 2.19. The highest BCUT2D eigenvalue weighted by atomic mass is 79.9. The van der Waals surface area contributed by atoms with Crippen LogP contribution in [0.15, 0.2) is 27.7 Å². The van der Waals surface area contributed by atoms with Crippen molar-refractivity contribution in [3.63, 3.8) is 0 Å². The molecule has 0 aliphatic carbocycles. The van der Waals surface area contributed by atoms with Gasteiger partial charge in [-0.25, -0.2) is 0 Å². The normalized spacial score (nSPS) is 11.0. The molecule has 0 unspecified atom stereocenters. The zero-order valence-electron chi connectivity index (χ0n) is 7.65. The minimum absolute atomic E-state index is 0.141. The third kappa shape index (κ3) is 3.47. The number of nitrogens with zero attached hydrogens (tertiary/aromatic N) is 1. The first-order valence-electron chi connectivity index (χ1n) is 4.33. The van der Waals surface area contributed by atoms with Crippen LogP contribution >= 0.6 is 15.9 Å². The van der Waals surface area contributed by atoms with E-state index in [0.717, 1.165) is 4.47 Å². The molecule has 0 fully saturated rings. The van der Waals surface area contributed by atoms with Gasteiger partial charge in [-0.3, -0.25) is 4.99 Å². The van der Waals surface area contributed by atoms with Crippen LogP contribution in [0.4, 0.5) is 0 Å². The summed E-state index contributed by atoms with van der Waals surface area (Å²) in [6.45, 7) is 0.713. The summed E-state index contributed by atoms with van der Waals surface area (Å²) in [7, 11) is 0. The fourth-order valence-electron chi connectivity index (χ4n) is 0.954. The van der Waals surface area contributed by atoms with Crippen molar-refractivity contribution < 1.29 is 10.2 Å².